The average Bonchev–Trinajstić information content (AvgIpc) is 3.15. The van der Waals surface area contributed by atoms with Crippen molar-refractivity contribution in [3.63, 3.8) is 0 Å². The van der Waals surface area contributed by atoms with Crippen LogP contribution in [-0.4, -0.2) is 26.2 Å². The van der Waals surface area contributed by atoms with Gasteiger partial charge >= 0.3 is 0 Å². The quantitative estimate of drug-likeness (QED) is 0.781. The van der Waals surface area contributed by atoms with Crippen LogP contribution < -0.4 is 5.32 Å². The maximum Gasteiger partial charge on any atom is 0.258 e. The van der Waals surface area contributed by atoms with Crippen LogP contribution in [-0.2, 0) is 13.5 Å². The zero-order valence-corrected chi connectivity index (χ0v) is 11.7. The Kier molecular flexibility index (Phi) is 2.73. The van der Waals surface area contributed by atoms with E-state index >= 15 is 0 Å². The third-order valence-corrected chi connectivity index (χ3v) is 3.77. The summed E-state index contributed by atoms with van der Waals surface area (Å²) < 4.78 is 7.33. The van der Waals surface area contributed by atoms with Gasteiger partial charge in [-0.2, -0.15) is 4.98 Å². The van der Waals surface area contributed by atoms with Crippen LogP contribution in [0.1, 0.15) is 12.0 Å². The van der Waals surface area contributed by atoms with Crippen molar-refractivity contribution in [2.24, 2.45) is 7.05 Å². The second-order valence-corrected chi connectivity index (χ2v) is 5.15. The molecule has 3 heterocycles. The zero-order chi connectivity index (χ0) is 14.2. The molecule has 0 amide bonds. The van der Waals surface area contributed by atoms with Crippen LogP contribution in [0, 0.1) is 0 Å². The highest BCUT2D eigenvalue weighted by molar-refractivity contribution is 5.70. The van der Waals surface area contributed by atoms with Crippen molar-refractivity contribution >= 4 is 5.69 Å². The lowest BCUT2D eigenvalue weighted by Gasteiger charge is -2.19. The molecule has 1 aliphatic rings. The Morgan fingerprint density at radius 3 is 3.14 bits per heavy atom. The number of rotatable bonds is 2. The van der Waals surface area contributed by atoms with Crippen molar-refractivity contribution < 1.29 is 4.52 Å². The minimum absolute atomic E-state index is 0.513. The summed E-state index contributed by atoms with van der Waals surface area (Å²) in [6, 6.07) is 6.13. The van der Waals surface area contributed by atoms with Crippen LogP contribution in [0.3, 0.4) is 0 Å². The van der Waals surface area contributed by atoms with Gasteiger partial charge in [0, 0.05) is 37.2 Å². The molecular formula is C15H15N5O. The lowest BCUT2D eigenvalue weighted by molar-refractivity contribution is 0.431. The summed E-state index contributed by atoms with van der Waals surface area (Å²) in [5, 5.41) is 7.46. The van der Waals surface area contributed by atoms with E-state index in [0.717, 1.165) is 30.6 Å². The second kappa shape index (κ2) is 4.73. The molecule has 0 fully saturated rings. The molecule has 1 aliphatic heterocycles. The molecule has 21 heavy (non-hydrogen) atoms. The van der Waals surface area contributed by atoms with Crippen molar-refractivity contribution in [2.75, 3.05) is 11.9 Å². The van der Waals surface area contributed by atoms with Gasteiger partial charge in [-0.05, 0) is 30.5 Å². The minimum Gasteiger partial charge on any atom is -0.385 e. The average molecular weight is 281 g/mol. The first-order chi connectivity index (χ1) is 10.3. The number of anilines is 1. The predicted molar refractivity (Wildman–Crippen MR) is 78.7 cm³/mol. The largest absolute Gasteiger partial charge is 0.385 e. The van der Waals surface area contributed by atoms with Gasteiger partial charge in [-0.25, -0.2) is 4.98 Å². The summed E-state index contributed by atoms with van der Waals surface area (Å²) in [6.07, 6.45) is 5.72. The van der Waals surface area contributed by atoms with E-state index in [9.17, 15) is 0 Å². The molecule has 0 saturated heterocycles. The van der Waals surface area contributed by atoms with Crippen molar-refractivity contribution in [1.82, 2.24) is 19.7 Å². The molecule has 0 aliphatic carbocycles. The van der Waals surface area contributed by atoms with E-state index in [1.165, 1.54) is 5.56 Å². The molecule has 0 unspecified atom stereocenters. The number of nitrogens with one attached hydrogen (secondary N) is 1. The topological polar surface area (TPSA) is 68.8 Å². The summed E-state index contributed by atoms with van der Waals surface area (Å²) in [5.74, 6) is 1.76. The summed E-state index contributed by atoms with van der Waals surface area (Å²) in [7, 11) is 1.91. The van der Waals surface area contributed by atoms with Crippen molar-refractivity contribution in [2.45, 2.75) is 12.8 Å². The Labute approximate surface area is 121 Å². The number of fused-ring (bicyclic) bond motifs is 1. The zero-order valence-electron chi connectivity index (χ0n) is 11.7. The monoisotopic (exact) mass is 281 g/mol. The van der Waals surface area contributed by atoms with Gasteiger partial charge in [-0.15, -0.1) is 0 Å². The first-order valence-electron chi connectivity index (χ1n) is 7.00. The van der Waals surface area contributed by atoms with Gasteiger partial charge < -0.3 is 14.4 Å². The standard InChI is InChI=1S/C15H15N5O/c1-20-9-8-17-14(20)13-18-15(21-19-13)11-4-2-6-12-10(11)5-3-7-16-12/h2,4,6,8-9,16H,3,5,7H2,1H3. The molecule has 106 valence electrons. The Balaban J connectivity index is 1.78. The highest BCUT2D eigenvalue weighted by Crippen LogP contribution is 2.32. The van der Waals surface area contributed by atoms with Gasteiger partial charge in [0.1, 0.15) is 0 Å². The van der Waals surface area contributed by atoms with E-state index in [-0.39, 0.29) is 0 Å². The summed E-state index contributed by atoms with van der Waals surface area (Å²) >= 11 is 0. The van der Waals surface area contributed by atoms with Crippen molar-refractivity contribution in [3.8, 4) is 23.1 Å². The predicted octanol–water partition coefficient (Wildman–Crippen LogP) is 2.50. The number of aromatic nitrogens is 4. The first kappa shape index (κ1) is 12.1. The number of hydrogen-bond acceptors (Lipinski definition) is 5. The molecule has 2 aromatic heterocycles. The van der Waals surface area contributed by atoms with Gasteiger partial charge in [-0.1, -0.05) is 11.2 Å². The lowest BCUT2D eigenvalue weighted by atomic mass is 9.97. The van der Waals surface area contributed by atoms with E-state index in [0.29, 0.717) is 17.5 Å². The first-order valence-corrected chi connectivity index (χ1v) is 7.00. The molecule has 0 radical (unpaired) electrons. The fourth-order valence-corrected chi connectivity index (χ4v) is 2.72. The smallest absolute Gasteiger partial charge is 0.258 e. The number of aryl methyl sites for hydroxylation is 1. The van der Waals surface area contributed by atoms with E-state index < -0.39 is 0 Å². The van der Waals surface area contributed by atoms with E-state index in [2.05, 4.69) is 26.5 Å². The second-order valence-electron chi connectivity index (χ2n) is 5.15. The number of nitrogens with zero attached hydrogens (tertiary/aromatic N) is 4. The molecule has 0 atom stereocenters. The third kappa shape index (κ3) is 1.99. The van der Waals surface area contributed by atoms with E-state index in [1.807, 2.05) is 29.9 Å². The fourth-order valence-electron chi connectivity index (χ4n) is 2.72. The number of benzene rings is 1. The van der Waals surface area contributed by atoms with E-state index in [4.69, 9.17) is 4.52 Å². The molecule has 6 nitrogen and oxygen atoms in total. The van der Waals surface area contributed by atoms with Gasteiger partial charge in [0.05, 0.1) is 0 Å². The maximum atomic E-state index is 5.45. The Hall–Kier alpha value is -2.63. The Bertz CT molecular complexity index is 789. The van der Waals surface area contributed by atoms with Crippen LogP contribution in [0.15, 0.2) is 35.1 Å². The van der Waals surface area contributed by atoms with Gasteiger partial charge in [0.2, 0.25) is 5.82 Å². The van der Waals surface area contributed by atoms with Gasteiger partial charge in [0.25, 0.3) is 5.89 Å². The summed E-state index contributed by atoms with van der Waals surface area (Å²) in [5.41, 5.74) is 3.42. The molecule has 1 N–H and O–H groups in total. The molecular weight excluding hydrogens is 266 g/mol. The molecule has 0 saturated carbocycles. The molecule has 0 spiro atoms. The summed E-state index contributed by atoms with van der Waals surface area (Å²) in [4.78, 5) is 8.75. The third-order valence-electron chi connectivity index (χ3n) is 3.77. The highest BCUT2D eigenvalue weighted by atomic mass is 16.5. The molecule has 0 bridgehead atoms. The highest BCUT2D eigenvalue weighted by Gasteiger charge is 2.19. The fraction of sp³-hybridized carbons (Fsp3) is 0.267. The molecule has 6 heteroatoms. The Morgan fingerprint density at radius 2 is 2.29 bits per heavy atom. The van der Waals surface area contributed by atoms with Gasteiger partial charge in [0.15, 0.2) is 5.82 Å². The minimum atomic E-state index is 0.513. The van der Waals surface area contributed by atoms with Gasteiger partial charge in [-0.3, -0.25) is 0 Å². The molecule has 3 aromatic rings. The molecule has 1 aromatic carbocycles. The van der Waals surface area contributed by atoms with Crippen molar-refractivity contribution in [1.29, 1.82) is 0 Å². The molecule has 4 rings (SSSR count). The SMILES string of the molecule is Cn1ccnc1-c1noc(-c2cccc3c2CCCN3)n1. The normalized spacial score (nSPS) is 13.8. The lowest BCUT2D eigenvalue weighted by Crippen LogP contribution is -2.12. The van der Waals surface area contributed by atoms with Crippen LogP contribution >= 0.6 is 0 Å². The van der Waals surface area contributed by atoms with Crippen LogP contribution in [0.5, 0.6) is 0 Å². The van der Waals surface area contributed by atoms with Crippen molar-refractivity contribution in [3.05, 3.63) is 36.2 Å². The Morgan fingerprint density at radius 1 is 1.33 bits per heavy atom. The van der Waals surface area contributed by atoms with Crippen LogP contribution in [0.4, 0.5) is 5.69 Å². The van der Waals surface area contributed by atoms with Crippen LogP contribution in [0.2, 0.25) is 0 Å². The maximum absolute atomic E-state index is 5.45. The van der Waals surface area contributed by atoms with Crippen LogP contribution in [0.25, 0.3) is 23.1 Å². The number of hydrogen-bond donors (Lipinski definition) is 1. The summed E-state index contributed by atoms with van der Waals surface area (Å²) in [6.45, 7) is 1.01. The number of imidazole rings is 1. The van der Waals surface area contributed by atoms with E-state index in [1.54, 1.807) is 6.20 Å².